The molecule has 1 rings (SSSR count). The van der Waals surface area contributed by atoms with Gasteiger partial charge in [0.1, 0.15) is 6.04 Å². The molecular formula is C11H13BrClNO4S. The van der Waals surface area contributed by atoms with Crippen LogP contribution in [-0.2, 0) is 14.8 Å². The Morgan fingerprint density at radius 2 is 2.11 bits per heavy atom. The fourth-order valence-electron chi connectivity index (χ4n) is 1.56. The predicted molar refractivity (Wildman–Crippen MR) is 75.8 cm³/mol. The van der Waals surface area contributed by atoms with Crippen LogP contribution in [0.1, 0.15) is 13.3 Å². The number of rotatable bonds is 5. The van der Waals surface area contributed by atoms with Crippen LogP contribution >= 0.6 is 27.5 Å². The van der Waals surface area contributed by atoms with Gasteiger partial charge in [0.05, 0.1) is 9.92 Å². The van der Waals surface area contributed by atoms with Crippen LogP contribution in [-0.4, -0.2) is 36.9 Å². The lowest BCUT2D eigenvalue weighted by Crippen LogP contribution is -2.41. The molecule has 0 aromatic heterocycles. The molecule has 106 valence electrons. The molecule has 0 saturated carbocycles. The van der Waals surface area contributed by atoms with Gasteiger partial charge in [-0.05, 0) is 40.5 Å². The van der Waals surface area contributed by atoms with Crippen LogP contribution in [0.5, 0.6) is 0 Å². The molecule has 1 N–H and O–H groups in total. The van der Waals surface area contributed by atoms with E-state index in [0.29, 0.717) is 9.50 Å². The smallest absolute Gasteiger partial charge is 0.321 e. The monoisotopic (exact) mass is 369 g/mol. The third kappa shape index (κ3) is 3.47. The minimum absolute atomic E-state index is 0.00836. The third-order valence-corrected chi connectivity index (χ3v) is 5.76. The Kier molecular flexibility index (Phi) is 5.37. The molecule has 0 fully saturated rings. The molecule has 0 aliphatic carbocycles. The van der Waals surface area contributed by atoms with E-state index < -0.39 is 22.0 Å². The number of carboxylic acid groups (broad SMARTS) is 1. The van der Waals surface area contributed by atoms with E-state index in [1.165, 1.54) is 25.2 Å². The zero-order valence-electron chi connectivity index (χ0n) is 10.3. The molecule has 1 unspecified atom stereocenters. The van der Waals surface area contributed by atoms with Gasteiger partial charge in [0.25, 0.3) is 0 Å². The molecule has 8 heteroatoms. The maximum absolute atomic E-state index is 12.3. The molecule has 1 aromatic rings. The van der Waals surface area contributed by atoms with Crippen molar-refractivity contribution in [2.24, 2.45) is 0 Å². The fourth-order valence-corrected chi connectivity index (χ4v) is 3.62. The zero-order valence-corrected chi connectivity index (χ0v) is 13.5. The number of carbonyl (C=O) groups is 1. The van der Waals surface area contributed by atoms with E-state index in [4.69, 9.17) is 16.7 Å². The van der Waals surface area contributed by atoms with Crippen LogP contribution < -0.4 is 0 Å². The average molecular weight is 371 g/mol. The highest BCUT2D eigenvalue weighted by Gasteiger charge is 2.31. The highest BCUT2D eigenvalue weighted by atomic mass is 79.9. The van der Waals surface area contributed by atoms with Crippen LogP contribution in [0.4, 0.5) is 0 Å². The van der Waals surface area contributed by atoms with Crippen molar-refractivity contribution in [1.29, 1.82) is 0 Å². The lowest BCUT2D eigenvalue weighted by molar-refractivity contribution is -0.141. The van der Waals surface area contributed by atoms with Crippen LogP contribution in [0, 0.1) is 0 Å². The van der Waals surface area contributed by atoms with Crippen LogP contribution in [0.15, 0.2) is 27.6 Å². The number of halogens is 2. The molecule has 0 spiro atoms. The molecule has 19 heavy (non-hydrogen) atoms. The second kappa shape index (κ2) is 6.21. The summed E-state index contributed by atoms with van der Waals surface area (Å²) in [6.45, 7) is 1.61. The number of carboxylic acids is 1. The summed E-state index contributed by atoms with van der Waals surface area (Å²) in [5.74, 6) is -1.18. The van der Waals surface area contributed by atoms with Crippen molar-refractivity contribution in [3.05, 3.63) is 27.7 Å². The molecule has 1 aromatic carbocycles. The van der Waals surface area contributed by atoms with Gasteiger partial charge < -0.3 is 5.11 Å². The molecule has 5 nitrogen and oxygen atoms in total. The standard InChI is InChI=1S/C11H13BrClNO4S/c1-3-10(11(15)16)14(2)19(17,18)7-4-5-9(13)8(12)6-7/h4-6,10H,3H2,1-2H3,(H,15,16). The second-order valence-corrected chi connectivity index (χ2v) is 7.12. The van der Waals surface area contributed by atoms with Crippen LogP contribution in [0.3, 0.4) is 0 Å². The quantitative estimate of drug-likeness (QED) is 0.864. The summed E-state index contributed by atoms with van der Waals surface area (Å²) in [6.07, 6.45) is 0.180. The maximum atomic E-state index is 12.3. The summed E-state index contributed by atoms with van der Waals surface area (Å²) >= 11 is 8.94. The third-order valence-electron chi connectivity index (χ3n) is 2.68. The Morgan fingerprint density at radius 1 is 1.53 bits per heavy atom. The first kappa shape index (κ1) is 16.4. The summed E-state index contributed by atoms with van der Waals surface area (Å²) in [5.41, 5.74) is 0. The summed E-state index contributed by atoms with van der Waals surface area (Å²) in [7, 11) is -2.62. The largest absolute Gasteiger partial charge is 0.480 e. The van der Waals surface area contributed by atoms with Crippen molar-refractivity contribution < 1.29 is 18.3 Å². The van der Waals surface area contributed by atoms with Gasteiger partial charge in [0, 0.05) is 11.5 Å². The molecule has 0 radical (unpaired) electrons. The van der Waals surface area contributed by atoms with E-state index >= 15 is 0 Å². The summed E-state index contributed by atoms with van der Waals surface area (Å²) < 4.78 is 25.9. The van der Waals surface area contributed by atoms with Crippen molar-refractivity contribution in [2.75, 3.05) is 7.05 Å². The lowest BCUT2D eigenvalue weighted by Gasteiger charge is -2.23. The Morgan fingerprint density at radius 3 is 2.53 bits per heavy atom. The van der Waals surface area contributed by atoms with Crippen molar-refractivity contribution in [2.45, 2.75) is 24.3 Å². The SMILES string of the molecule is CCC(C(=O)O)N(C)S(=O)(=O)c1ccc(Cl)c(Br)c1. The van der Waals surface area contributed by atoms with E-state index in [1.807, 2.05) is 0 Å². The average Bonchev–Trinajstić information content (AvgIpc) is 2.32. The number of likely N-dealkylation sites (N-methyl/N-ethyl adjacent to an activating group) is 1. The van der Waals surface area contributed by atoms with Gasteiger partial charge in [0.15, 0.2) is 0 Å². The van der Waals surface area contributed by atoms with Gasteiger partial charge in [0.2, 0.25) is 10.0 Å². The number of hydrogen-bond donors (Lipinski definition) is 1. The number of benzene rings is 1. The maximum Gasteiger partial charge on any atom is 0.321 e. The van der Waals surface area contributed by atoms with E-state index in [-0.39, 0.29) is 11.3 Å². The highest BCUT2D eigenvalue weighted by Crippen LogP contribution is 2.27. The zero-order chi connectivity index (χ0) is 14.8. The number of sulfonamides is 1. The summed E-state index contributed by atoms with van der Waals surface area (Å²) in [4.78, 5) is 11.0. The minimum Gasteiger partial charge on any atom is -0.480 e. The summed E-state index contributed by atoms with van der Waals surface area (Å²) in [6, 6.07) is 3.03. The first-order valence-electron chi connectivity index (χ1n) is 5.37. The Bertz CT molecular complexity index is 590. The second-order valence-electron chi connectivity index (χ2n) is 3.86. The van der Waals surface area contributed by atoms with Gasteiger partial charge in [-0.15, -0.1) is 0 Å². The minimum atomic E-state index is -3.87. The van der Waals surface area contributed by atoms with Crippen LogP contribution in [0.2, 0.25) is 5.02 Å². The molecule has 0 heterocycles. The Balaban J connectivity index is 3.23. The fraction of sp³-hybridized carbons (Fsp3) is 0.364. The lowest BCUT2D eigenvalue weighted by atomic mass is 10.2. The van der Waals surface area contributed by atoms with Crippen molar-refractivity contribution in [3.63, 3.8) is 0 Å². The van der Waals surface area contributed by atoms with Gasteiger partial charge in [-0.25, -0.2) is 8.42 Å². The van der Waals surface area contributed by atoms with Crippen LogP contribution in [0.25, 0.3) is 0 Å². The van der Waals surface area contributed by atoms with Gasteiger partial charge >= 0.3 is 5.97 Å². The van der Waals surface area contributed by atoms with Crippen molar-refractivity contribution >= 4 is 43.5 Å². The molecule has 0 aliphatic heterocycles. The summed E-state index contributed by atoms with van der Waals surface area (Å²) in [5, 5.41) is 9.40. The predicted octanol–water partition coefficient (Wildman–Crippen LogP) is 2.59. The van der Waals surface area contributed by atoms with E-state index in [1.54, 1.807) is 6.92 Å². The molecular weight excluding hydrogens is 358 g/mol. The van der Waals surface area contributed by atoms with Crippen molar-refractivity contribution in [3.8, 4) is 0 Å². The Hall–Kier alpha value is -0.630. The van der Waals surface area contributed by atoms with Gasteiger partial charge in [-0.1, -0.05) is 18.5 Å². The molecule has 0 aliphatic rings. The number of aliphatic carboxylic acids is 1. The first-order chi connectivity index (χ1) is 8.71. The number of nitrogens with zero attached hydrogens (tertiary/aromatic N) is 1. The normalized spacial score (nSPS) is 13.5. The van der Waals surface area contributed by atoms with Crippen molar-refractivity contribution in [1.82, 2.24) is 4.31 Å². The highest BCUT2D eigenvalue weighted by molar-refractivity contribution is 9.10. The van der Waals surface area contributed by atoms with Gasteiger partial charge in [-0.2, -0.15) is 4.31 Å². The van der Waals surface area contributed by atoms with Gasteiger partial charge in [-0.3, -0.25) is 4.79 Å². The molecule has 0 bridgehead atoms. The molecule has 0 saturated heterocycles. The van der Waals surface area contributed by atoms with E-state index in [0.717, 1.165) is 4.31 Å². The molecule has 1 atom stereocenters. The molecule has 0 amide bonds. The van der Waals surface area contributed by atoms with E-state index in [9.17, 15) is 13.2 Å². The Labute approximate surface area is 125 Å². The number of hydrogen-bond acceptors (Lipinski definition) is 3. The van der Waals surface area contributed by atoms with E-state index in [2.05, 4.69) is 15.9 Å². The first-order valence-corrected chi connectivity index (χ1v) is 7.98. The topological polar surface area (TPSA) is 74.7 Å².